The van der Waals surface area contributed by atoms with Crippen molar-refractivity contribution < 1.29 is 4.74 Å². The van der Waals surface area contributed by atoms with E-state index >= 15 is 0 Å². The number of nitrogens with zero attached hydrogens (tertiary/aromatic N) is 2. The minimum Gasteiger partial charge on any atom is -0.496 e. The molecule has 0 radical (unpaired) electrons. The molecule has 2 rings (SSSR count). The Kier molecular flexibility index (Phi) is 4.36. The fraction of sp³-hybridized carbons (Fsp3) is 0.273. The highest BCUT2D eigenvalue weighted by molar-refractivity contribution is 9.10. The summed E-state index contributed by atoms with van der Waals surface area (Å²) < 4.78 is 6.31. The van der Waals surface area contributed by atoms with E-state index in [4.69, 9.17) is 16.3 Å². The number of aromatic nitrogens is 2. The Labute approximate surface area is 117 Å². The normalized spacial score (nSPS) is 10.5. The van der Waals surface area contributed by atoms with Gasteiger partial charge < -0.3 is 4.74 Å². The van der Waals surface area contributed by atoms with Gasteiger partial charge in [0, 0.05) is 16.8 Å². The summed E-state index contributed by atoms with van der Waals surface area (Å²) >= 11 is 10.6. The van der Waals surface area contributed by atoms with Crippen LogP contribution in [0.2, 0.25) is 0 Å². The lowest BCUT2D eigenvalue weighted by Crippen LogP contribution is -1.87. The van der Waals surface area contributed by atoms with Gasteiger partial charge in [0.15, 0.2) is 5.01 Å². The molecule has 0 aliphatic heterocycles. The molecule has 1 aromatic heterocycles. The summed E-state index contributed by atoms with van der Waals surface area (Å²) in [6, 6.07) is 5.84. The van der Waals surface area contributed by atoms with Gasteiger partial charge in [0.1, 0.15) is 10.8 Å². The zero-order chi connectivity index (χ0) is 12.3. The zero-order valence-electron chi connectivity index (χ0n) is 9.11. The molecule has 0 saturated heterocycles. The van der Waals surface area contributed by atoms with E-state index in [-0.39, 0.29) is 0 Å². The van der Waals surface area contributed by atoms with Crippen LogP contribution in [-0.2, 0) is 6.42 Å². The number of ether oxygens (including phenoxy) is 1. The first-order valence-corrected chi connectivity index (χ1v) is 7.11. The molecular weight excluding hydrogens is 324 g/mol. The molecule has 17 heavy (non-hydrogen) atoms. The van der Waals surface area contributed by atoms with E-state index < -0.39 is 0 Å². The quantitative estimate of drug-likeness (QED) is 0.799. The standard InChI is InChI=1S/C11H10BrClN2OS/c1-16-9-6-7(12)2-3-8(9)11-15-14-10(17-11)4-5-13/h2-3,6H,4-5H2,1H3. The van der Waals surface area contributed by atoms with E-state index in [1.165, 1.54) is 0 Å². The number of rotatable bonds is 4. The number of methoxy groups -OCH3 is 1. The topological polar surface area (TPSA) is 35.0 Å². The van der Waals surface area contributed by atoms with Crippen LogP contribution >= 0.6 is 38.9 Å². The second kappa shape index (κ2) is 5.80. The van der Waals surface area contributed by atoms with E-state index in [1.54, 1.807) is 18.4 Å². The molecule has 0 spiro atoms. The second-order valence-corrected chi connectivity index (χ2v) is 5.64. The molecule has 0 aliphatic rings. The molecule has 0 amide bonds. The van der Waals surface area contributed by atoms with Crippen molar-refractivity contribution in [2.75, 3.05) is 13.0 Å². The smallest absolute Gasteiger partial charge is 0.151 e. The summed E-state index contributed by atoms with van der Waals surface area (Å²) in [5.74, 6) is 1.35. The summed E-state index contributed by atoms with van der Waals surface area (Å²) in [6.07, 6.45) is 0.748. The Bertz CT molecular complexity index is 518. The maximum absolute atomic E-state index is 5.68. The van der Waals surface area contributed by atoms with Gasteiger partial charge in [-0.05, 0) is 18.2 Å². The van der Waals surface area contributed by atoms with Crippen LogP contribution in [-0.4, -0.2) is 23.2 Å². The zero-order valence-corrected chi connectivity index (χ0v) is 12.3. The largest absolute Gasteiger partial charge is 0.496 e. The predicted molar refractivity (Wildman–Crippen MR) is 74.0 cm³/mol. The fourth-order valence-corrected chi connectivity index (χ4v) is 2.89. The van der Waals surface area contributed by atoms with E-state index in [9.17, 15) is 0 Å². The van der Waals surface area contributed by atoms with Crippen molar-refractivity contribution in [3.05, 3.63) is 27.7 Å². The van der Waals surface area contributed by atoms with Crippen molar-refractivity contribution in [3.63, 3.8) is 0 Å². The van der Waals surface area contributed by atoms with Gasteiger partial charge in [-0.3, -0.25) is 0 Å². The Hall–Kier alpha value is -0.650. The number of aryl methyl sites for hydroxylation is 1. The molecule has 0 bridgehead atoms. The average Bonchev–Trinajstić information content (AvgIpc) is 2.78. The van der Waals surface area contributed by atoms with Crippen LogP contribution in [0.1, 0.15) is 5.01 Å². The van der Waals surface area contributed by atoms with Gasteiger partial charge in [-0.15, -0.1) is 21.8 Å². The first-order chi connectivity index (χ1) is 8.24. The van der Waals surface area contributed by atoms with E-state index in [1.807, 2.05) is 18.2 Å². The third-order valence-electron chi connectivity index (χ3n) is 2.17. The Morgan fingerprint density at radius 2 is 2.24 bits per heavy atom. The molecule has 90 valence electrons. The first kappa shape index (κ1) is 12.8. The Balaban J connectivity index is 2.37. The maximum Gasteiger partial charge on any atom is 0.151 e. The second-order valence-electron chi connectivity index (χ2n) is 3.28. The highest BCUT2D eigenvalue weighted by atomic mass is 79.9. The minimum atomic E-state index is 0.562. The summed E-state index contributed by atoms with van der Waals surface area (Å²) in [7, 11) is 1.64. The van der Waals surface area contributed by atoms with Gasteiger partial charge in [-0.1, -0.05) is 27.3 Å². The van der Waals surface area contributed by atoms with Crippen molar-refractivity contribution in [1.29, 1.82) is 0 Å². The van der Waals surface area contributed by atoms with E-state index in [2.05, 4.69) is 26.1 Å². The molecule has 0 saturated carbocycles. The molecule has 2 aromatic rings. The monoisotopic (exact) mass is 332 g/mol. The van der Waals surface area contributed by atoms with Crippen LogP contribution in [0.25, 0.3) is 10.6 Å². The molecule has 0 fully saturated rings. The van der Waals surface area contributed by atoms with Gasteiger partial charge in [0.2, 0.25) is 0 Å². The van der Waals surface area contributed by atoms with Crippen LogP contribution < -0.4 is 4.74 Å². The van der Waals surface area contributed by atoms with Crippen molar-refractivity contribution in [1.82, 2.24) is 10.2 Å². The number of benzene rings is 1. The highest BCUT2D eigenvalue weighted by Gasteiger charge is 2.11. The van der Waals surface area contributed by atoms with Gasteiger partial charge in [-0.25, -0.2) is 0 Å². The van der Waals surface area contributed by atoms with Crippen molar-refractivity contribution >= 4 is 38.9 Å². The SMILES string of the molecule is COc1cc(Br)ccc1-c1nnc(CCCl)s1. The Morgan fingerprint density at radius 1 is 1.41 bits per heavy atom. The van der Waals surface area contributed by atoms with Crippen molar-refractivity contribution in [2.24, 2.45) is 0 Å². The highest BCUT2D eigenvalue weighted by Crippen LogP contribution is 2.34. The van der Waals surface area contributed by atoms with Crippen LogP contribution in [0.4, 0.5) is 0 Å². The third kappa shape index (κ3) is 2.97. The van der Waals surface area contributed by atoms with Gasteiger partial charge in [-0.2, -0.15) is 0 Å². The van der Waals surface area contributed by atoms with Crippen LogP contribution in [0, 0.1) is 0 Å². The molecule has 1 aromatic carbocycles. The molecule has 0 atom stereocenters. The molecular formula is C11H10BrClN2OS. The third-order valence-corrected chi connectivity index (χ3v) is 3.87. The van der Waals surface area contributed by atoms with Gasteiger partial charge in [0.25, 0.3) is 0 Å². The number of alkyl halides is 1. The van der Waals surface area contributed by atoms with E-state index in [0.717, 1.165) is 32.2 Å². The molecule has 0 unspecified atom stereocenters. The summed E-state index contributed by atoms with van der Waals surface area (Å²) in [4.78, 5) is 0. The van der Waals surface area contributed by atoms with Crippen LogP contribution in [0.3, 0.4) is 0 Å². The lowest BCUT2D eigenvalue weighted by atomic mass is 10.2. The van der Waals surface area contributed by atoms with E-state index in [0.29, 0.717) is 5.88 Å². The predicted octanol–water partition coefficient (Wildman–Crippen LogP) is 3.76. The molecule has 0 aliphatic carbocycles. The molecule has 1 heterocycles. The van der Waals surface area contributed by atoms with Crippen molar-refractivity contribution in [3.8, 4) is 16.3 Å². The van der Waals surface area contributed by atoms with Crippen molar-refractivity contribution in [2.45, 2.75) is 6.42 Å². The first-order valence-electron chi connectivity index (χ1n) is 4.97. The lowest BCUT2D eigenvalue weighted by Gasteiger charge is -2.05. The number of halogens is 2. The Morgan fingerprint density at radius 3 is 2.94 bits per heavy atom. The van der Waals surface area contributed by atoms with Crippen LogP contribution in [0.5, 0.6) is 5.75 Å². The minimum absolute atomic E-state index is 0.562. The molecule has 6 heteroatoms. The van der Waals surface area contributed by atoms with Crippen LogP contribution in [0.15, 0.2) is 22.7 Å². The van der Waals surface area contributed by atoms with Gasteiger partial charge in [0.05, 0.1) is 12.7 Å². The number of hydrogen-bond donors (Lipinski definition) is 0. The maximum atomic E-state index is 5.68. The number of hydrogen-bond acceptors (Lipinski definition) is 4. The summed E-state index contributed by atoms with van der Waals surface area (Å²) in [5, 5.41) is 10.1. The summed E-state index contributed by atoms with van der Waals surface area (Å²) in [5.41, 5.74) is 0.953. The molecule has 0 N–H and O–H groups in total. The average molecular weight is 334 g/mol. The fourth-order valence-electron chi connectivity index (χ4n) is 1.39. The summed E-state index contributed by atoms with van der Waals surface area (Å²) in [6.45, 7) is 0. The molecule has 3 nitrogen and oxygen atoms in total. The van der Waals surface area contributed by atoms with Gasteiger partial charge >= 0.3 is 0 Å². The lowest BCUT2D eigenvalue weighted by molar-refractivity contribution is 0.416.